The number of nitro groups is 1. The Kier molecular flexibility index (Phi) is 2.21. The van der Waals surface area contributed by atoms with E-state index in [1.54, 1.807) is 19.1 Å². The predicted molar refractivity (Wildman–Crippen MR) is 65.2 cm³/mol. The van der Waals surface area contributed by atoms with Gasteiger partial charge in [0.1, 0.15) is 6.23 Å². The van der Waals surface area contributed by atoms with Gasteiger partial charge in [0.05, 0.1) is 16.0 Å². The number of nitrogens with zero attached hydrogens (tertiary/aromatic N) is 3. The maximum Gasteiger partial charge on any atom is 0.311 e. The highest BCUT2D eigenvalue weighted by molar-refractivity contribution is 5.80. The van der Waals surface area contributed by atoms with Crippen molar-refractivity contribution in [2.75, 3.05) is 0 Å². The number of hydrogen-bond donors (Lipinski definition) is 1. The Hall–Kier alpha value is -2.21. The molecule has 1 aliphatic heterocycles. The van der Waals surface area contributed by atoms with E-state index < -0.39 is 11.2 Å². The number of para-hydroxylation sites is 2. The molecule has 0 fully saturated rings. The van der Waals surface area contributed by atoms with Crippen molar-refractivity contribution < 1.29 is 10.0 Å². The number of imidazole rings is 1. The van der Waals surface area contributed by atoms with Crippen LogP contribution in [0.3, 0.4) is 0 Å². The van der Waals surface area contributed by atoms with Gasteiger partial charge in [0.25, 0.3) is 0 Å². The molecule has 2 aromatic rings. The molecule has 0 radical (unpaired) electrons. The van der Waals surface area contributed by atoms with Crippen LogP contribution in [0.1, 0.15) is 25.4 Å². The second-order valence-electron chi connectivity index (χ2n) is 4.36. The van der Waals surface area contributed by atoms with E-state index in [1.807, 2.05) is 12.1 Å². The van der Waals surface area contributed by atoms with Crippen molar-refractivity contribution in [3.05, 3.63) is 45.8 Å². The van der Waals surface area contributed by atoms with Gasteiger partial charge in [-0.2, -0.15) is 0 Å². The third kappa shape index (κ3) is 1.36. The Labute approximate surface area is 102 Å². The molecule has 6 heteroatoms. The summed E-state index contributed by atoms with van der Waals surface area (Å²) < 4.78 is 1.53. The smallest absolute Gasteiger partial charge is 0.311 e. The zero-order valence-electron chi connectivity index (χ0n) is 9.70. The van der Waals surface area contributed by atoms with E-state index in [4.69, 9.17) is 0 Å². The fourth-order valence-electron chi connectivity index (χ4n) is 2.40. The van der Waals surface area contributed by atoms with Crippen molar-refractivity contribution in [1.82, 2.24) is 9.55 Å². The molecule has 6 nitrogen and oxygen atoms in total. The summed E-state index contributed by atoms with van der Waals surface area (Å²) in [5, 5.41) is 21.2. The predicted octanol–water partition coefficient (Wildman–Crippen LogP) is 1.94. The van der Waals surface area contributed by atoms with Crippen LogP contribution in [-0.4, -0.2) is 19.6 Å². The molecule has 1 atom stereocenters. The van der Waals surface area contributed by atoms with Gasteiger partial charge in [-0.05, 0) is 19.1 Å². The van der Waals surface area contributed by atoms with Crippen molar-refractivity contribution in [3.63, 3.8) is 0 Å². The van der Waals surface area contributed by atoms with Crippen LogP contribution in [0, 0.1) is 10.1 Å². The number of aromatic nitrogens is 2. The van der Waals surface area contributed by atoms with Crippen molar-refractivity contribution in [3.8, 4) is 0 Å². The first-order valence-electron chi connectivity index (χ1n) is 5.59. The molecule has 1 aromatic heterocycles. The second-order valence-corrected chi connectivity index (χ2v) is 4.36. The van der Waals surface area contributed by atoms with Crippen LogP contribution in [0.4, 0.5) is 0 Å². The Morgan fingerprint density at radius 1 is 1.50 bits per heavy atom. The van der Waals surface area contributed by atoms with E-state index in [-0.39, 0.29) is 17.9 Å². The highest BCUT2D eigenvalue weighted by Crippen LogP contribution is 2.35. The number of hydrogen-bond acceptors (Lipinski definition) is 4. The van der Waals surface area contributed by atoms with Gasteiger partial charge in [0.2, 0.25) is 5.82 Å². The van der Waals surface area contributed by atoms with E-state index in [2.05, 4.69) is 4.98 Å². The molecule has 0 spiro atoms. The maximum absolute atomic E-state index is 11.1. The number of rotatable bonds is 1. The molecule has 2 heterocycles. The molecular weight excluding hydrogens is 234 g/mol. The van der Waals surface area contributed by atoms with Gasteiger partial charge < -0.3 is 5.11 Å². The molecule has 0 amide bonds. The first-order valence-corrected chi connectivity index (χ1v) is 5.59. The van der Waals surface area contributed by atoms with E-state index in [0.29, 0.717) is 16.6 Å². The van der Waals surface area contributed by atoms with Gasteiger partial charge in [-0.3, -0.25) is 14.7 Å². The van der Waals surface area contributed by atoms with Gasteiger partial charge in [-0.1, -0.05) is 12.1 Å². The molecule has 92 valence electrons. The van der Waals surface area contributed by atoms with Gasteiger partial charge in [0, 0.05) is 12.0 Å². The van der Waals surface area contributed by atoms with Gasteiger partial charge in [-0.15, -0.1) is 0 Å². The number of aliphatic hydroxyl groups excluding tert-OH is 1. The van der Waals surface area contributed by atoms with Crippen LogP contribution in [0.2, 0.25) is 0 Å². The van der Waals surface area contributed by atoms with Crippen LogP contribution >= 0.6 is 0 Å². The Morgan fingerprint density at radius 2 is 2.22 bits per heavy atom. The van der Waals surface area contributed by atoms with Crippen molar-refractivity contribution >= 4 is 16.7 Å². The lowest BCUT2D eigenvalue weighted by molar-refractivity contribution is -0.378. The molecule has 0 bridgehead atoms. The van der Waals surface area contributed by atoms with E-state index in [9.17, 15) is 15.2 Å². The van der Waals surface area contributed by atoms with Crippen molar-refractivity contribution in [2.24, 2.45) is 0 Å². The first kappa shape index (κ1) is 10.9. The lowest BCUT2D eigenvalue weighted by atomic mass is 10.1. The number of fused-ring (bicyclic) bond motifs is 3. The molecule has 1 aliphatic rings. The number of benzene rings is 1. The summed E-state index contributed by atoms with van der Waals surface area (Å²) in [4.78, 5) is 15.0. The van der Waals surface area contributed by atoms with E-state index >= 15 is 0 Å². The van der Waals surface area contributed by atoms with Crippen LogP contribution in [0.25, 0.3) is 16.7 Å². The molecule has 1 aromatic carbocycles. The standard InChI is InChI=1S/C12H11N3O3/c1-7-6-10(16)14-9-5-3-2-4-8(9)13-12(14)11(7)15(17)18/h2-5,10,16H,6H2,1H3. The monoisotopic (exact) mass is 245 g/mol. The summed E-state index contributed by atoms with van der Waals surface area (Å²) in [5.74, 6) is 0.234. The Balaban J connectivity index is 2.38. The molecule has 18 heavy (non-hydrogen) atoms. The minimum atomic E-state index is -0.795. The van der Waals surface area contributed by atoms with Crippen LogP contribution in [-0.2, 0) is 0 Å². The summed E-state index contributed by atoms with van der Waals surface area (Å²) >= 11 is 0. The molecule has 1 unspecified atom stereocenters. The van der Waals surface area contributed by atoms with Crippen molar-refractivity contribution in [2.45, 2.75) is 19.6 Å². The molecule has 1 N–H and O–H groups in total. The summed E-state index contributed by atoms with van der Waals surface area (Å²) in [5.41, 5.74) is 1.92. The quantitative estimate of drug-likeness (QED) is 0.615. The average molecular weight is 245 g/mol. The number of aliphatic hydroxyl groups is 1. The fraction of sp³-hybridized carbons (Fsp3) is 0.250. The molecule has 0 saturated heterocycles. The summed E-state index contributed by atoms with van der Waals surface area (Å²) in [7, 11) is 0. The first-order chi connectivity index (χ1) is 8.59. The fourth-order valence-corrected chi connectivity index (χ4v) is 2.40. The second kappa shape index (κ2) is 3.64. The van der Waals surface area contributed by atoms with Gasteiger partial charge in [0.15, 0.2) is 0 Å². The zero-order valence-corrected chi connectivity index (χ0v) is 9.70. The van der Waals surface area contributed by atoms with Gasteiger partial charge in [-0.25, -0.2) is 4.98 Å². The Bertz CT molecular complexity index is 687. The summed E-state index contributed by atoms with van der Waals surface area (Å²) in [6.45, 7) is 1.66. The van der Waals surface area contributed by atoms with Crippen LogP contribution in [0.15, 0.2) is 29.8 Å². The van der Waals surface area contributed by atoms with Crippen LogP contribution in [0.5, 0.6) is 0 Å². The Morgan fingerprint density at radius 3 is 2.94 bits per heavy atom. The van der Waals surface area contributed by atoms with E-state index in [1.165, 1.54) is 4.57 Å². The summed E-state index contributed by atoms with van der Waals surface area (Å²) in [6, 6.07) is 7.21. The topological polar surface area (TPSA) is 81.2 Å². The molecule has 0 saturated carbocycles. The van der Waals surface area contributed by atoms with Crippen LogP contribution < -0.4 is 0 Å². The minimum absolute atomic E-state index is 0.00324. The third-order valence-corrected chi connectivity index (χ3v) is 3.18. The molecule has 0 aliphatic carbocycles. The highest BCUT2D eigenvalue weighted by atomic mass is 16.6. The SMILES string of the molecule is CC1=C([N+](=O)[O-])c2nc3ccccc3n2C(O)C1. The van der Waals surface area contributed by atoms with Gasteiger partial charge >= 0.3 is 5.70 Å². The van der Waals surface area contributed by atoms with E-state index in [0.717, 1.165) is 0 Å². The largest absolute Gasteiger partial charge is 0.373 e. The summed E-state index contributed by atoms with van der Waals surface area (Å²) in [6.07, 6.45) is -0.542. The average Bonchev–Trinajstić information content (AvgIpc) is 2.66. The third-order valence-electron chi connectivity index (χ3n) is 3.18. The normalized spacial score (nSPS) is 19.1. The molecule has 3 rings (SSSR count). The lowest BCUT2D eigenvalue weighted by Crippen LogP contribution is -2.20. The molecular formula is C12H11N3O3. The van der Waals surface area contributed by atoms with Crippen molar-refractivity contribution in [1.29, 1.82) is 0 Å². The maximum atomic E-state index is 11.1. The minimum Gasteiger partial charge on any atom is -0.373 e. The lowest BCUT2D eigenvalue weighted by Gasteiger charge is -2.20. The highest BCUT2D eigenvalue weighted by Gasteiger charge is 2.33. The zero-order chi connectivity index (χ0) is 12.9.